The number of benzene rings is 1. The van der Waals surface area contributed by atoms with Gasteiger partial charge in [0.05, 0.1) is 4.91 Å². The van der Waals surface area contributed by atoms with Gasteiger partial charge in [-0.05, 0) is 54.1 Å². The summed E-state index contributed by atoms with van der Waals surface area (Å²) in [5, 5.41) is 0.882. The van der Waals surface area contributed by atoms with Gasteiger partial charge in [0, 0.05) is 13.1 Å². The van der Waals surface area contributed by atoms with Crippen LogP contribution in [-0.4, -0.2) is 29.1 Å². The van der Waals surface area contributed by atoms with Crippen molar-refractivity contribution in [3.8, 4) is 0 Å². The average molecular weight is 314 g/mol. The molecule has 0 aliphatic carbocycles. The molecule has 1 fully saturated rings. The first-order valence-electron chi connectivity index (χ1n) is 8.02. The fourth-order valence-electron chi connectivity index (χ4n) is 2.90. The number of nitrogens with zero attached hydrogens (tertiary/aromatic N) is 2. The molecule has 22 heavy (non-hydrogen) atoms. The number of rotatable bonds is 2. The van der Waals surface area contributed by atoms with Crippen LogP contribution in [0.25, 0.3) is 6.08 Å². The molecule has 0 aromatic heterocycles. The van der Waals surface area contributed by atoms with Crippen molar-refractivity contribution < 1.29 is 4.79 Å². The highest BCUT2D eigenvalue weighted by Crippen LogP contribution is 2.32. The molecule has 116 valence electrons. The van der Waals surface area contributed by atoms with E-state index in [4.69, 9.17) is 0 Å². The fraction of sp³-hybridized carbons (Fsp3) is 0.444. The van der Waals surface area contributed by atoms with Gasteiger partial charge in [-0.2, -0.15) is 4.99 Å². The average Bonchev–Trinajstić information content (AvgIpc) is 2.89. The summed E-state index contributed by atoms with van der Waals surface area (Å²) in [4.78, 5) is 19.4. The molecule has 2 aliphatic heterocycles. The Morgan fingerprint density at radius 2 is 2.14 bits per heavy atom. The monoisotopic (exact) mass is 314 g/mol. The number of carbonyl (C=O) groups is 1. The maximum Gasteiger partial charge on any atom is 0.286 e. The number of likely N-dealkylation sites (tertiary alicyclic amines) is 1. The van der Waals surface area contributed by atoms with E-state index in [1.165, 1.54) is 30.2 Å². The lowest BCUT2D eigenvalue weighted by Gasteiger charge is -2.31. The zero-order valence-electron chi connectivity index (χ0n) is 13.2. The predicted octanol–water partition coefficient (Wildman–Crippen LogP) is 3.95. The highest BCUT2D eigenvalue weighted by atomic mass is 32.2. The van der Waals surface area contributed by atoms with E-state index in [9.17, 15) is 4.79 Å². The number of hydrogen-bond donors (Lipinski definition) is 0. The van der Waals surface area contributed by atoms with Crippen LogP contribution in [0.5, 0.6) is 0 Å². The Hall–Kier alpha value is -1.55. The molecule has 0 radical (unpaired) electrons. The minimum atomic E-state index is -0.0993. The first kappa shape index (κ1) is 15.3. The summed E-state index contributed by atoms with van der Waals surface area (Å²) in [6.07, 6.45) is 5.45. The number of amides is 1. The Morgan fingerprint density at radius 1 is 1.36 bits per heavy atom. The van der Waals surface area contributed by atoms with Gasteiger partial charge in [-0.1, -0.05) is 38.1 Å². The van der Waals surface area contributed by atoms with Crippen molar-refractivity contribution in [3.63, 3.8) is 0 Å². The first-order chi connectivity index (χ1) is 10.7. The third-order valence-electron chi connectivity index (χ3n) is 4.22. The third kappa shape index (κ3) is 3.43. The van der Waals surface area contributed by atoms with E-state index < -0.39 is 0 Å². The van der Waals surface area contributed by atoms with Crippen LogP contribution in [0.2, 0.25) is 0 Å². The van der Waals surface area contributed by atoms with Gasteiger partial charge in [-0.15, -0.1) is 0 Å². The Labute approximate surface area is 136 Å². The fourth-order valence-corrected chi connectivity index (χ4v) is 3.85. The van der Waals surface area contributed by atoms with Crippen LogP contribution in [0.1, 0.15) is 37.8 Å². The summed E-state index contributed by atoms with van der Waals surface area (Å²) in [7, 11) is 0. The summed E-state index contributed by atoms with van der Waals surface area (Å²) in [6.45, 7) is 6.43. The van der Waals surface area contributed by atoms with Crippen molar-refractivity contribution in [1.29, 1.82) is 0 Å². The molecular weight excluding hydrogens is 292 g/mol. The third-order valence-corrected chi connectivity index (χ3v) is 5.27. The SMILES string of the molecule is CCc1ccc(/C=C2/SC(N3CCC[C@@H](C)C3)=NC2=O)cc1. The van der Waals surface area contributed by atoms with Gasteiger partial charge in [0.2, 0.25) is 0 Å². The zero-order valence-corrected chi connectivity index (χ0v) is 14.0. The van der Waals surface area contributed by atoms with Crippen molar-refractivity contribution in [2.45, 2.75) is 33.1 Å². The second-order valence-electron chi connectivity index (χ2n) is 6.10. The Bertz CT molecular complexity index is 618. The van der Waals surface area contributed by atoms with Crippen LogP contribution in [0.4, 0.5) is 0 Å². The largest absolute Gasteiger partial charge is 0.351 e. The normalized spacial score (nSPS) is 24.0. The maximum absolute atomic E-state index is 12.1. The molecule has 1 saturated heterocycles. The van der Waals surface area contributed by atoms with Gasteiger partial charge >= 0.3 is 0 Å². The van der Waals surface area contributed by atoms with E-state index in [1.54, 1.807) is 0 Å². The highest BCUT2D eigenvalue weighted by molar-refractivity contribution is 8.18. The number of thioether (sulfide) groups is 1. The van der Waals surface area contributed by atoms with Gasteiger partial charge in [-0.25, -0.2) is 0 Å². The summed E-state index contributed by atoms with van der Waals surface area (Å²) in [6, 6.07) is 8.37. The summed E-state index contributed by atoms with van der Waals surface area (Å²) in [5.41, 5.74) is 2.38. The van der Waals surface area contributed by atoms with Gasteiger partial charge in [0.15, 0.2) is 5.17 Å². The molecule has 2 aliphatic rings. The van der Waals surface area contributed by atoms with Crippen LogP contribution in [-0.2, 0) is 11.2 Å². The molecule has 0 unspecified atom stereocenters. The number of hydrogen-bond acceptors (Lipinski definition) is 3. The van der Waals surface area contributed by atoms with Crippen molar-refractivity contribution in [2.75, 3.05) is 13.1 Å². The standard InChI is InChI=1S/C18H22N2OS/c1-3-14-6-8-15(9-7-14)11-16-17(21)19-18(22-16)20-10-4-5-13(2)12-20/h6-9,11,13H,3-5,10,12H2,1-2H3/b16-11+/t13-/m1/s1. The number of amidine groups is 1. The second kappa shape index (κ2) is 6.69. The molecule has 4 heteroatoms. The lowest BCUT2D eigenvalue weighted by Crippen LogP contribution is -2.37. The van der Waals surface area contributed by atoms with E-state index in [2.05, 4.69) is 48.0 Å². The maximum atomic E-state index is 12.1. The topological polar surface area (TPSA) is 32.7 Å². The molecule has 3 nitrogen and oxygen atoms in total. The van der Waals surface area contributed by atoms with Crippen LogP contribution in [0.3, 0.4) is 0 Å². The van der Waals surface area contributed by atoms with E-state index in [0.717, 1.165) is 35.1 Å². The highest BCUT2D eigenvalue weighted by Gasteiger charge is 2.28. The van der Waals surface area contributed by atoms with Crippen LogP contribution >= 0.6 is 11.8 Å². The minimum absolute atomic E-state index is 0.0993. The molecule has 0 spiro atoms. The molecule has 2 heterocycles. The van der Waals surface area contributed by atoms with E-state index >= 15 is 0 Å². The summed E-state index contributed by atoms with van der Waals surface area (Å²) in [5.74, 6) is 0.583. The van der Waals surface area contributed by atoms with Crippen molar-refractivity contribution in [2.24, 2.45) is 10.9 Å². The molecule has 1 amide bonds. The first-order valence-corrected chi connectivity index (χ1v) is 8.84. The Kier molecular flexibility index (Phi) is 4.67. The van der Waals surface area contributed by atoms with Gasteiger partial charge in [0.1, 0.15) is 0 Å². The molecule has 3 rings (SSSR count). The van der Waals surface area contributed by atoms with Gasteiger partial charge in [0.25, 0.3) is 5.91 Å². The lowest BCUT2D eigenvalue weighted by atomic mass is 10.0. The van der Waals surface area contributed by atoms with Crippen LogP contribution in [0, 0.1) is 5.92 Å². The molecule has 1 aromatic rings. The number of carbonyl (C=O) groups excluding carboxylic acids is 1. The van der Waals surface area contributed by atoms with Gasteiger partial charge in [-0.3, -0.25) is 4.79 Å². The second-order valence-corrected chi connectivity index (χ2v) is 7.11. The van der Waals surface area contributed by atoms with E-state index in [1.807, 2.05) is 6.08 Å². The molecule has 1 atom stereocenters. The Balaban J connectivity index is 1.72. The number of aliphatic imine (C=N–C) groups is 1. The summed E-state index contributed by atoms with van der Waals surface area (Å²) >= 11 is 1.52. The minimum Gasteiger partial charge on any atom is -0.351 e. The quantitative estimate of drug-likeness (QED) is 0.775. The van der Waals surface area contributed by atoms with Crippen molar-refractivity contribution >= 4 is 28.9 Å². The number of aryl methyl sites for hydroxylation is 1. The van der Waals surface area contributed by atoms with Crippen LogP contribution in [0.15, 0.2) is 34.2 Å². The number of piperidine rings is 1. The molecule has 0 saturated carbocycles. The lowest BCUT2D eigenvalue weighted by molar-refractivity contribution is -0.113. The smallest absolute Gasteiger partial charge is 0.286 e. The molecule has 0 N–H and O–H groups in total. The van der Waals surface area contributed by atoms with Gasteiger partial charge < -0.3 is 4.90 Å². The predicted molar refractivity (Wildman–Crippen MR) is 93.8 cm³/mol. The zero-order chi connectivity index (χ0) is 15.5. The summed E-state index contributed by atoms with van der Waals surface area (Å²) < 4.78 is 0. The van der Waals surface area contributed by atoms with Crippen LogP contribution < -0.4 is 0 Å². The molecular formula is C18H22N2OS. The molecule has 0 bridgehead atoms. The van der Waals surface area contributed by atoms with E-state index in [0.29, 0.717) is 5.92 Å². The van der Waals surface area contributed by atoms with E-state index in [-0.39, 0.29) is 5.91 Å². The van der Waals surface area contributed by atoms with Crippen molar-refractivity contribution in [3.05, 3.63) is 40.3 Å². The molecule has 1 aromatic carbocycles. The Morgan fingerprint density at radius 3 is 2.82 bits per heavy atom. The van der Waals surface area contributed by atoms with Crippen molar-refractivity contribution in [1.82, 2.24) is 4.90 Å².